The molecule has 4 nitrogen and oxygen atoms in total. The van der Waals surface area contributed by atoms with Gasteiger partial charge in [-0.3, -0.25) is 4.79 Å². The molecule has 0 spiro atoms. The molecule has 1 fully saturated rings. The third kappa shape index (κ3) is 3.16. The molecule has 2 aliphatic heterocycles. The standard InChI is InChI=1S/C16H22ClN3O/c1-10(11-3-5-20(2)6-4-11)18-15-7-12-8-16(21)19-14(12)9-13(15)17/h7,9-11,18H,3-6,8H2,1-2H3,(H,19,21). The van der Waals surface area contributed by atoms with Crippen LogP contribution in [-0.2, 0) is 11.2 Å². The number of halogens is 1. The maximum Gasteiger partial charge on any atom is 0.228 e. The molecule has 2 N–H and O–H groups in total. The number of carbonyl (C=O) groups is 1. The molecule has 0 aliphatic carbocycles. The van der Waals surface area contributed by atoms with Gasteiger partial charge in [0.05, 0.1) is 17.1 Å². The normalized spacial score (nSPS) is 21.0. The molecule has 1 atom stereocenters. The molecule has 0 radical (unpaired) electrons. The lowest BCUT2D eigenvalue weighted by Crippen LogP contribution is -2.37. The summed E-state index contributed by atoms with van der Waals surface area (Å²) < 4.78 is 0. The van der Waals surface area contributed by atoms with Crippen molar-refractivity contribution in [2.75, 3.05) is 30.8 Å². The average Bonchev–Trinajstić information content (AvgIpc) is 2.79. The summed E-state index contributed by atoms with van der Waals surface area (Å²) in [5.41, 5.74) is 2.82. The molecule has 1 amide bonds. The van der Waals surface area contributed by atoms with Crippen LogP contribution in [-0.4, -0.2) is 37.0 Å². The van der Waals surface area contributed by atoms with Crippen LogP contribution in [0.1, 0.15) is 25.3 Å². The van der Waals surface area contributed by atoms with Gasteiger partial charge in [0.15, 0.2) is 0 Å². The van der Waals surface area contributed by atoms with E-state index < -0.39 is 0 Å². The summed E-state index contributed by atoms with van der Waals surface area (Å²) in [6.45, 7) is 4.54. The third-order valence-electron chi connectivity index (χ3n) is 4.67. The Hall–Kier alpha value is -1.26. The van der Waals surface area contributed by atoms with Crippen molar-refractivity contribution in [1.29, 1.82) is 0 Å². The van der Waals surface area contributed by atoms with E-state index >= 15 is 0 Å². The van der Waals surface area contributed by atoms with Gasteiger partial charge in [0.2, 0.25) is 5.91 Å². The highest BCUT2D eigenvalue weighted by Crippen LogP contribution is 2.34. The maximum atomic E-state index is 11.4. The number of nitrogens with one attached hydrogen (secondary N) is 2. The summed E-state index contributed by atoms with van der Waals surface area (Å²) >= 11 is 6.34. The molecule has 2 aliphatic rings. The SMILES string of the molecule is CC(Nc1cc2c(cc1Cl)NC(=O)C2)C1CCN(C)CC1. The van der Waals surface area contributed by atoms with Crippen molar-refractivity contribution in [3.05, 3.63) is 22.7 Å². The molecule has 0 aromatic heterocycles. The van der Waals surface area contributed by atoms with Crippen LogP contribution in [0.4, 0.5) is 11.4 Å². The minimum Gasteiger partial charge on any atom is -0.381 e. The van der Waals surface area contributed by atoms with Crippen LogP contribution in [0, 0.1) is 5.92 Å². The number of nitrogens with zero attached hydrogens (tertiary/aromatic N) is 1. The zero-order valence-electron chi connectivity index (χ0n) is 12.6. The molecular formula is C16H22ClN3O. The van der Waals surface area contributed by atoms with Crippen molar-refractivity contribution in [3.63, 3.8) is 0 Å². The first-order valence-electron chi connectivity index (χ1n) is 7.60. The summed E-state index contributed by atoms with van der Waals surface area (Å²) in [6.07, 6.45) is 2.88. The number of likely N-dealkylation sites (tertiary alicyclic amines) is 1. The number of carbonyl (C=O) groups excluding carboxylic acids is 1. The Kier molecular flexibility index (Phi) is 4.09. The number of fused-ring (bicyclic) bond motifs is 1. The fourth-order valence-electron chi connectivity index (χ4n) is 3.25. The fourth-order valence-corrected chi connectivity index (χ4v) is 3.47. The largest absolute Gasteiger partial charge is 0.381 e. The number of amides is 1. The van der Waals surface area contributed by atoms with Crippen LogP contribution in [0.3, 0.4) is 0 Å². The van der Waals surface area contributed by atoms with Gasteiger partial charge < -0.3 is 15.5 Å². The molecule has 3 rings (SSSR count). The first-order valence-corrected chi connectivity index (χ1v) is 7.98. The molecule has 21 heavy (non-hydrogen) atoms. The van der Waals surface area contributed by atoms with E-state index in [1.165, 1.54) is 12.8 Å². The Morgan fingerprint density at radius 2 is 2.10 bits per heavy atom. The third-order valence-corrected chi connectivity index (χ3v) is 4.98. The van der Waals surface area contributed by atoms with Gasteiger partial charge in [-0.15, -0.1) is 0 Å². The number of anilines is 2. The van der Waals surface area contributed by atoms with Crippen LogP contribution in [0.25, 0.3) is 0 Å². The van der Waals surface area contributed by atoms with E-state index in [0.717, 1.165) is 30.0 Å². The lowest BCUT2D eigenvalue weighted by Gasteiger charge is -2.33. The van der Waals surface area contributed by atoms with E-state index in [1.807, 2.05) is 12.1 Å². The second-order valence-corrected chi connectivity index (χ2v) is 6.70. The number of benzene rings is 1. The van der Waals surface area contributed by atoms with Gasteiger partial charge in [0.1, 0.15) is 0 Å². The molecular weight excluding hydrogens is 286 g/mol. The van der Waals surface area contributed by atoms with Crippen LogP contribution in [0.5, 0.6) is 0 Å². The second kappa shape index (κ2) is 5.85. The Bertz CT molecular complexity index is 553. The predicted molar refractivity (Wildman–Crippen MR) is 87.1 cm³/mol. The van der Waals surface area contributed by atoms with Crippen LogP contribution in [0.15, 0.2) is 12.1 Å². The monoisotopic (exact) mass is 307 g/mol. The van der Waals surface area contributed by atoms with Gasteiger partial charge in [0.25, 0.3) is 0 Å². The Morgan fingerprint density at radius 3 is 2.81 bits per heavy atom. The van der Waals surface area contributed by atoms with E-state index in [-0.39, 0.29) is 5.91 Å². The number of hydrogen-bond donors (Lipinski definition) is 2. The first-order chi connectivity index (χ1) is 10.0. The summed E-state index contributed by atoms with van der Waals surface area (Å²) in [5, 5.41) is 7.06. The quantitative estimate of drug-likeness (QED) is 0.902. The van der Waals surface area contributed by atoms with Gasteiger partial charge in [-0.1, -0.05) is 11.6 Å². The summed E-state index contributed by atoms with van der Waals surface area (Å²) in [4.78, 5) is 13.8. The van der Waals surface area contributed by atoms with Crippen molar-refractivity contribution >= 4 is 28.9 Å². The summed E-state index contributed by atoms with van der Waals surface area (Å²) in [7, 11) is 2.18. The summed E-state index contributed by atoms with van der Waals surface area (Å²) in [5.74, 6) is 0.715. The van der Waals surface area contributed by atoms with Crippen molar-refractivity contribution in [3.8, 4) is 0 Å². The zero-order valence-corrected chi connectivity index (χ0v) is 13.3. The minimum absolute atomic E-state index is 0.0431. The maximum absolute atomic E-state index is 11.4. The Labute approximate surface area is 130 Å². The Balaban J connectivity index is 1.70. The molecule has 1 unspecified atom stereocenters. The molecule has 1 aromatic carbocycles. The fraction of sp³-hybridized carbons (Fsp3) is 0.562. The number of hydrogen-bond acceptors (Lipinski definition) is 3. The predicted octanol–water partition coefficient (Wildman–Crippen LogP) is 2.98. The van der Waals surface area contributed by atoms with E-state index in [0.29, 0.717) is 23.4 Å². The van der Waals surface area contributed by atoms with Crippen molar-refractivity contribution in [2.45, 2.75) is 32.2 Å². The molecule has 2 heterocycles. The van der Waals surface area contributed by atoms with Gasteiger partial charge >= 0.3 is 0 Å². The number of piperidine rings is 1. The zero-order chi connectivity index (χ0) is 15.0. The molecule has 1 saturated heterocycles. The van der Waals surface area contributed by atoms with E-state index in [9.17, 15) is 4.79 Å². The molecule has 114 valence electrons. The van der Waals surface area contributed by atoms with Crippen LogP contribution < -0.4 is 10.6 Å². The van der Waals surface area contributed by atoms with Gasteiger partial charge in [-0.2, -0.15) is 0 Å². The molecule has 5 heteroatoms. The molecule has 0 saturated carbocycles. The van der Waals surface area contributed by atoms with E-state index in [4.69, 9.17) is 11.6 Å². The minimum atomic E-state index is 0.0431. The highest BCUT2D eigenvalue weighted by molar-refractivity contribution is 6.33. The van der Waals surface area contributed by atoms with Crippen molar-refractivity contribution < 1.29 is 4.79 Å². The lowest BCUT2D eigenvalue weighted by molar-refractivity contribution is -0.115. The smallest absolute Gasteiger partial charge is 0.228 e. The molecule has 0 bridgehead atoms. The first kappa shape index (κ1) is 14.7. The van der Waals surface area contributed by atoms with Crippen molar-refractivity contribution in [2.24, 2.45) is 5.92 Å². The second-order valence-electron chi connectivity index (χ2n) is 6.29. The van der Waals surface area contributed by atoms with Crippen LogP contribution in [0.2, 0.25) is 5.02 Å². The van der Waals surface area contributed by atoms with Gasteiger partial charge in [0, 0.05) is 11.7 Å². The lowest BCUT2D eigenvalue weighted by atomic mass is 9.90. The molecule has 1 aromatic rings. The highest BCUT2D eigenvalue weighted by atomic mass is 35.5. The van der Waals surface area contributed by atoms with E-state index in [2.05, 4.69) is 29.5 Å². The van der Waals surface area contributed by atoms with E-state index in [1.54, 1.807) is 0 Å². The Morgan fingerprint density at radius 1 is 1.38 bits per heavy atom. The van der Waals surface area contributed by atoms with Crippen molar-refractivity contribution in [1.82, 2.24) is 4.90 Å². The topological polar surface area (TPSA) is 44.4 Å². The number of rotatable bonds is 3. The average molecular weight is 308 g/mol. The van der Waals surface area contributed by atoms with Crippen LogP contribution >= 0.6 is 11.6 Å². The van der Waals surface area contributed by atoms with Gasteiger partial charge in [-0.25, -0.2) is 0 Å². The van der Waals surface area contributed by atoms with Gasteiger partial charge in [-0.05, 0) is 63.5 Å². The highest BCUT2D eigenvalue weighted by Gasteiger charge is 2.24. The summed E-state index contributed by atoms with van der Waals surface area (Å²) in [6, 6.07) is 4.26.